The molecule has 25 heavy (non-hydrogen) atoms. The zero-order valence-corrected chi connectivity index (χ0v) is 13.8. The highest BCUT2D eigenvalue weighted by Crippen LogP contribution is 2.37. The highest BCUT2D eigenvalue weighted by Gasteiger charge is 2.51. The third-order valence-electron chi connectivity index (χ3n) is 5.26. The molecule has 0 unspecified atom stereocenters. The molecule has 0 bridgehead atoms. The zero-order chi connectivity index (χ0) is 25.1. The molecule has 3 heterocycles. The molecule has 3 aliphatic rings. The van der Waals surface area contributed by atoms with Gasteiger partial charge in [0.2, 0.25) is 0 Å². The molecule has 140 valence electrons. The van der Waals surface area contributed by atoms with Crippen LogP contribution in [0.15, 0.2) is 11.6 Å². The number of esters is 2. The fraction of sp³-hybridized carbons (Fsp3) is 0.778. The number of nitrogens with zero attached hydrogens (tertiary/aromatic N) is 1. The third-order valence-corrected chi connectivity index (χ3v) is 5.26. The molecule has 2 N–H and O–H groups in total. The Morgan fingerprint density at radius 2 is 2.32 bits per heavy atom. The minimum Gasteiger partial charge on any atom is -0.463 e. The molecule has 3 fully saturated rings. The molecule has 0 aromatic carbocycles. The van der Waals surface area contributed by atoms with E-state index in [9.17, 15) is 19.8 Å². The van der Waals surface area contributed by atoms with E-state index in [0.29, 0.717) is 13.0 Å². The van der Waals surface area contributed by atoms with Gasteiger partial charge >= 0.3 is 11.9 Å². The number of aliphatic hydroxyl groups excluding tert-OH is 1. The Bertz CT molecular complexity index is 856. The van der Waals surface area contributed by atoms with Crippen molar-refractivity contribution in [3.05, 3.63) is 11.6 Å². The summed E-state index contributed by atoms with van der Waals surface area (Å²) in [6.07, 6.45) is -2.75. The van der Waals surface area contributed by atoms with Crippen LogP contribution in [0.2, 0.25) is 0 Å². The Hall–Kier alpha value is -1.44. The molecule has 0 aromatic rings. The first-order chi connectivity index (χ1) is 14.9. The van der Waals surface area contributed by atoms with Gasteiger partial charge in [0.1, 0.15) is 6.10 Å². The summed E-state index contributed by atoms with van der Waals surface area (Å²) in [6, 6.07) is -1.81. The predicted molar refractivity (Wildman–Crippen MR) is 88.5 cm³/mol. The normalized spacial score (nSPS) is 53.7. The van der Waals surface area contributed by atoms with Gasteiger partial charge in [0.15, 0.2) is 5.60 Å². The van der Waals surface area contributed by atoms with Gasteiger partial charge < -0.3 is 19.7 Å². The molecule has 7 nitrogen and oxygen atoms in total. The van der Waals surface area contributed by atoms with Gasteiger partial charge in [-0.05, 0) is 32.5 Å². The van der Waals surface area contributed by atoms with Gasteiger partial charge in [-0.1, -0.05) is 12.9 Å². The number of hydrogen-bond donors (Lipinski definition) is 2. The third kappa shape index (κ3) is 3.20. The van der Waals surface area contributed by atoms with Gasteiger partial charge in [-0.2, -0.15) is 0 Å². The minimum atomic E-state index is -3.40. The van der Waals surface area contributed by atoms with Crippen LogP contribution in [0.1, 0.15) is 44.4 Å². The molecule has 0 radical (unpaired) electrons. The molecule has 0 amide bonds. The molecule has 7 heteroatoms. The summed E-state index contributed by atoms with van der Waals surface area (Å²) in [6.45, 7) is -5.59. The van der Waals surface area contributed by atoms with Gasteiger partial charge in [-0.15, -0.1) is 0 Å². The van der Waals surface area contributed by atoms with Crippen molar-refractivity contribution in [3.63, 3.8) is 0 Å². The maximum absolute atomic E-state index is 13.1. The summed E-state index contributed by atoms with van der Waals surface area (Å²) in [7, 11) is 0. The standard InChI is InChI=1S/C18H27NO6/c1-4-11-7-10(2)18(3,23)17(22)24-9-12-13(20)8-19-6-5-14(15(12)19)25-16(11)21/h4,10,12-15,20,23H,5-9H2,1-3H3/b11-4+/t10-,12+,13-,14-,15-,18-/m1/s1/i1D3,2D3,4D,10D. The molecule has 3 aliphatic heterocycles. The lowest BCUT2D eigenvalue weighted by Gasteiger charge is -2.32. The van der Waals surface area contributed by atoms with Crippen LogP contribution in [-0.4, -0.2) is 70.6 Å². The van der Waals surface area contributed by atoms with Crippen molar-refractivity contribution >= 4 is 11.9 Å². The quantitative estimate of drug-likeness (QED) is 0.471. The van der Waals surface area contributed by atoms with Gasteiger partial charge in [0.05, 0.1) is 20.1 Å². The van der Waals surface area contributed by atoms with E-state index >= 15 is 0 Å². The molecule has 0 spiro atoms. The van der Waals surface area contributed by atoms with E-state index in [-0.39, 0.29) is 6.54 Å². The number of carbonyl (C=O) groups is 2. The average molecular weight is 361 g/mol. The van der Waals surface area contributed by atoms with Crippen LogP contribution < -0.4 is 0 Å². The largest absolute Gasteiger partial charge is 0.463 e. The predicted octanol–water partition coefficient (Wildman–Crippen LogP) is 0.244. The highest BCUT2D eigenvalue weighted by atomic mass is 16.6. The van der Waals surface area contributed by atoms with E-state index in [2.05, 4.69) is 0 Å². The zero-order valence-electron chi connectivity index (χ0n) is 21.8. The molecule has 0 saturated carbocycles. The van der Waals surface area contributed by atoms with Crippen molar-refractivity contribution in [2.45, 2.75) is 57.3 Å². The van der Waals surface area contributed by atoms with E-state index in [1.165, 1.54) is 0 Å². The number of cyclic esters (lactones) is 1. The van der Waals surface area contributed by atoms with Crippen LogP contribution in [-0.2, 0) is 19.1 Å². The molecular weight excluding hydrogens is 326 g/mol. The monoisotopic (exact) mass is 361 g/mol. The minimum absolute atomic E-state index is 0.205. The summed E-state index contributed by atoms with van der Waals surface area (Å²) >= 11 is 0. The molecular formula is C18H27NO6. The topological polar surface area (TPSA) is 96.3 Å². The average Bonchev–Trinajstić information content (AvgIpc) is 3.19. The Kier molecular flexibility index (Phi) is 2.85. The highest BCUT2D eigenvalue weighted by molar-refractivity contribution is 5.89. The van der Waals surface area contributed by atoms with Crippen molar-refractivity contribution in [1.29, 1.82) is 0 Å². The van der Waals surface area contributed by atoms with E-state index in [1.54, 1.807) is 0 Å². The molecule has 0 aliphatic carbocycles. The molecule has 3 saturated heterocycles. The lowest BCUT2D eigenvalue weighted by Crippen LogP contribution is -2.47. The van der Waals surface area contributed by atoms with Crippen LogP contribution in [0, 0.1) is 11.8 Å². The maximum Gasteiger partial charge on any atom is 0.338 e. The Morgan fingerprint density at radius 1 is 1.52 bits per heavy atom. The van der Waals surface area contributed by atoms with Gasteiger partial charge in [0, 0.05) is 34.2 Å². The Labute approximate surface area is 158 Å². The fourth-order valence-electron chi connectivity index (χ4n) is 3.71. The van der Waals surface area contributed by atoms with Crippen molar-refractivity contribution in [2.75, 3.05) is 19.7 Å². The van der Waals surface area contributed by atoms with Crippen molar-refractivity contribution < 1.29 is 40.2 Å². The second-order valence-corrected chi connectivity index (χ2v) is 6.88. The lowest BCUT2D eigenvalue weighted by atomic mass is 9.85. The second-order valence-electron chi connectivity index (χ2n) is 6.88. The first-order valence-electron chi connectivity index (χ1n) is 12.1. The number of allylic oxidation sites excluding steroid dienone is 1. The van der Waals surface area contributed by atoms with E-state index in [1.807, 2.05) is 4.90 Å². The molecule has 3 rings (SSSR count). The van der Waals surface area contributed by atoms with Crippen LogP contribution in [0.5, 0.6) is 0 Å². The summed E-state index contributed by atoms with van der Waals surface area (Å²) in [5.74, 6) is -6.67. The van der Waals surface area contributed by atoms with Gasteiger partial charge in [0.25, 0.3) is 0 Å². The summed E-state index contributed by atoms with van der Waals surface area (Å²) in [5.41, 5.74) is -3.97. The Morgan fingerprint density at radius 3 is 3.04 bits per heavy atom. The number of hydrogen-bond acceptors (Lipinski definition) is 7. The fourth-order valence-corrected chi connectivity index (χ4v) is 3.71. The maximum atomic E-state index is 13.1. The Balaban J connectivity index is 2.17. The summed E-state index contributed by atoms with van der Waals surface area (Å²) in [5, 5.41) is 21.4. The summed E-state index contributed by atoms with van der Waals surface area (Å²) < 4.78 is 73.2. The van der Waals surface area contributed by atoms with Gasteiger partial charge in [-0.25, -0.2) is 9.59 Å². The van der Waals surface area contributed by atoms with Crippen LogP contribution in [0.25, 0.3) is 0 Å². The van der Waals surface area contributed by atoms with Crippen LogP contribution in [0.4, 0.5) is 0 Å². The van der Waals surface area contributed by atoms with Crippen LogP contribution in [0.3, 0.4) is 0 Å². The number of carbonyl (C=O) groups excluding carboxylic acids is 2. The van der Waals surface area contributed by atoms with Gasteiger partial charge in [-0.3, -0.25) is 4.90 Å². The van der Waals surface area contributed by atoms with E-state index < -0.39 is 86.0 Å². The second kappa shape index (κ2) is 6.70. The SMILES string of the molecule is [2H]/C(=C1/C[C@@]([2H])(C([2H])([2H])[2H])[C@@](C)(O)C(=O)OC[C@@H]2[C@@H]3[C@@H](CCN3C[C@H]2O)OC1=O)C([2H])([2H])[2H]. The van der Waals surface area contributed by atoms with Crippen LogP contribution >= 0.6 is 0 Å². The van der Waals surface area contributed by atoms with Crippen molar-refractivity contribution in [3.8, 4) is 0 Å². The van der Waals surface area contributed by atoms with Crippen molar-refractivity contribution in [2.24, 2.45) is 11.8 Å². The smallest absolute Gasteiger partial charge is 0.338 e. The number of rotatable bonds is 0. The lowest BCUT2D eigenvalue weighted by molar-refractivity contribution is -0.173. The first-order valence-corrected chi connectivity index (χ1v) is 8.15. The van der Waals surface area contributed by atoms with E-state index in [4.69, 9.17) is 20.4 Å². The molecule has 0 aromatic heterocycles. The number of ether oxygens (including phenoxy) is 2. The summed E-state index contributed by atoms with van der Waals surface area (Å²) in [4.78, 5) is 27.7. The number of aliphatic hydroxyl groups is 2. The first kappa shape index (κ1) is 10.6. The van der Waals surface area contributed by atoms with E-state index in [0.717, 1.165) is 6.92 Å². The molecule has 6 atom stereocenters. The van der Waals surface area contributed by atoms with Crippen molar-refractivity contribution in [1.82, 2.24) is 4.90 Å².